The summed E-state index contributed by atoms with van der Waals surface area (Å²) in [6.45, 7) is 2.83. The third-order valence-corrected chi connectivity index (χ3v) is 4.32. The molecule has 0 spiro atoms. The molecule has 4 N–H and O–H groups in total. The smallest absolute Gasteiger partial charge is 0.245 e. The highest BCUT2D eigenvalue weighted by molar-refractivity contribution is 5.87. The molecule has 0 saturated carbocycles. The number of aryl methyl sites for hydroxylation is 1. The molecule has 1 aliphatic heterocycles. The number of likely N-dealkylation sites (tertiary alicyclic amines) is 1. The van der Waals surface area contributed by atoms with Crippen molar-refractivity contribution < 1.29 is 9.90 Å². The first-order chi connectivity index (χ1) is 11.5. The van der Waals surface area contributed by atoms with Gasteiger partial charge in [0.25, 0.3) is 0 Å². The highest BCUT2D eigenvalue weighted by Gasteiger charge is 2.33. The van der Waals surface area contributed by atoms with E-state index in [0.717, 1.165) is 11.3 Å². The van der Waals surface area contributed by atoms with Crippen LogP contribution in [0.4, 0.5) is 11.4 Å². The summed E-state index contributed by atoms with van der Waals surface area (Å²) in [6, 6.07) is 15.2. The SMILES string of the molecule is Cc1ccc(CC(Nc2ccccc2N)C(=O)N2CC(O)C2)cc1. The number of nitrogens with two attached hydrogens (primary N) is 1. The van der Waals surface area contributed by atoms with E-state index in [0.29, 0.717) is 25.2 Å². The minimum atomic E-state index is -0.412. The number of aliphatic hydroxyl groups excluding tert-OH is 1. The van der Waals surface area contributed by atoms with Crippen LogP contribution >= 0.6 is 0 Å². The van der Waals surface area contributed by atoms with Crippen LogP contribution in [-0.2, 0) is 11.2 Å². The van der Waals surface area contributed by atoms with E-state index in [1.165, 1.54) is 5.56 Å². The number of carbonyl (C=O) groups is 1. The number of aliphatic hydroxyl groups is 1. The van der Waals surface area contributed by atoms with Gasteiger partial charge in [0, 0.05) is 19.5 Å². The second-order valence-corrected chi connectivity index (χ2v) is 6.37. The zero-order valence-electron chi connectivity index (χ0n) is 13.8. The molecule has 1 unspecified atom stereocenters. The summed E-state index contributed by atoms with van der Waals surface area (Å²) in [5.74, 6) is -0.0101. The number of nitrogen functional groups attached to an aromatic ring is 1. The summed E-state index contributed by atoms with van der Waals surface area (Å²) in [7, 11) is 0. The molecule has 3 rings (SSSR count). The predicted molar refractivity (Wildman–Crippen MR) is 95.7 cm³/mol. The van der Waals surface area contributed by atoms with Crippen LogP contribution in [0.3, 0.4) is 0 Å². The van der Waals surface area contributed by atoms with E-state index in [4.69, 9.17) is 5.73 Å². The highest BCUT2D eigenvalue weighted by atomic mass is 16.3. The monoisotopic (exact) mass is 325 g/mol. The van der Waals surface area contributed by atoms with Crippen LogP contribution in [0.5, 0.6) is 0 Å². The minimum Gasteiger partial charge on any atom is -0.397 e. The Balaban J connectivity index is 1.78. The second kappa shape index (κ2) is 6.93. The van der Waals surface area contributed by atoms with Crippen LogP contribution < -0.4 is 11.1 Å². The Morgan fingerprint density at radius 3 is 2.54 bits per heavy atom. The van der Waals surface area contributed by atoms with Gasteiger partial charge in [-0.2, -0.15) is 0 Å². The summed E-state index contributed by atoms with van der Waals surface area (Å²) < 4.78 is 0. The molecule has 1 saturated heterocycles. The van der Waals surface area contributed by atoms with Gasteiger partial charge in [-0.1, -0.05) is 42.0 Å². The number of rotatable bonds is 5. The third-order valence-electron chi connectivity index (χ3n) is 4.32. The molecule has 0 aromatic heterocycles. The van der Waals surface area contributed by atoms with Crippen molar-refractivity contribution in [1.82, 2.24) is 4.90 Å². The molecule has 1 fully saturated rings. The summed E-state index contributed by atoms with van der Waals surface area (Å²) in [6.07, 6.45) is 0.163. The van der Waals surface area contributed by atoms with E-state index in [1.807, 2.05) is 55.5 Å². The van der Waals surface area contributed by atoms with Crippen molar-refractivity contribution in [2.24, 2.45) is 0 Å². The lowest BCUT2D eigenvalue weighted by atomic mass is 10.0. The van der Waals surface area contributed by atoms with Crippen LogP contribution in [0.15, 0.2) is 48.5 Å². The van der Waals surface area contributed by atoms with E-state index in [2.05, 4.69) is 5.32 Å². The number of anilines is 2. The van der Waals surface area contributed by atoms with Crippen LogP contribution in [-0.4, -0.2) is 41.1 Å². The molecular formula is C19H23N3O2. The van der Waals surface area contributed by atoms with Gasteiger partial charge in [0.15, 0.2) is 0 Å². The number of hydrogen-bond acceptors (Lipinski definition) is 4. The molecule has 0 radical (unpaired) electrons. The molecule has 1 atom stereocenters. The molecule has 0 aliphatic carbocycles. The summed E-state index contributed by atoms with van der Waals surface area (Å²) in [4.78, 5) is 14.4. The Labute approximate surface area is 142 Å². The van der Waals surface area contributed by atoms with Crippen LogP contribution in [0.1, 0.15) is 11.1 Å². The fourth-order valence-corrected chi connectivity index (χ4v) is 2.83. The standard InChI is InChI=1S/C19H23N3O2/c1-13-6-8-14(9-7-13)10-18(19(24)22-11-15(23)12-22)21-17-5-3-2-4-16(17)20/h2-9,15,18,21,23H,10-12,20H2,1H3. The average Bonchev–Trinajstić information content (AvgIpc) is 2.54. The minimum absolute atomic E-state index is 0.0101. The summed E-state index contributed by atoms with van der Waals surface area (Å²) in [5.41, 5.74) is 9.64. The van der Waals surface area contributed by atoms with Gasteiger partial charge in [-0.05, 0) is 24.6 Å². The van der Waals surface area contributed by atoms with E-state index in [9.17, 15) is 9.90 Å². The predicted octanol–water partition coefficient (Wildman–Crippen LogP) is 1.80. The van der Waals surface area contributed by atoms with E-state index < -0.39 is 12.1 Å². The first-order valence-electron chi connectivity index (χ1n) is 8.16. The van der Waals surface area contributed by atoms with Crippen LogP contribution in [0.2, 0.25) is 0 Å². The zero-order valence-corrected chi connectivity index (χ0v) is 13.8. The molecule has 1 amide bonds. The topological polar surface area (TPSA) is 78.6 Å². The molecule has 5 heteroatoms. The first-order valence-corrected chi connectivity index (χ1v) is 8.16. The quantitative estimate of drug-likeness (QED) is 0.733. The van der Waals surface area contributed by atoms with Crippen LogP contribution in [0, 0.1) is 6.92 Å². The van der Waals surface area contributed by atoms with Crippen molar-refractivity contribution in [2.45, 2.75) is 25.5 Å². The molecular weight excluding hydrogens is 302 g/mol. The van der Waals surface area contributed by atoms with Crippen molar-refractivity contribution in [1.29, 1.82) is 0 Å². The lowest BCUT2D eigenvalue weighted by Gasteiger charge is -2.38. The fraction of sp³-hybridized carbons (Fsp3) is 0.316. The van der Waals surface area contributed by atoms with Gasteiger partial charge in [0.05, 0.1) is 17.5 Å². The highest BCUT2D eigenvalue weighted by Crippen LogP contribution is 2.21. The molecule has 0 bridgehead atoms. The summed E-state index contributed by atoms with van der Waals surface area (Å²) >= 11 is 0. The van der Waals surface area contributed by atoms with E-state index >= 15 is 0 Å². The third kappa shape index (κ3) is 3.68. The maximum Gasteiger partial charge on any atom is 0.245 e. The molecule has 2 aromatic carbocycles. The number of hydrogen-bond donors (Lipinski definition) is 3. The Kier molecular flexibility index (Phi) is 4.71. The maximum atomic E-state index is 12.8. The number of carbonyl (C=O) groups excluding carboxylic acids is 1. The first kappa shape index (κ1) is 16.3. The number of β-amino-alcohol motifs (C(OH)–C–C–N with tert-alkyl or cyclic N) is 1. The fourth-order valence-electron chi connectivity index (χ4n) is 2.83. The van der Waals surface area contributed by atoms with Gasteiger partial charge in [0.1, 0.15) is 6.04 Å². The lowest BCUT2D eigenvalue weighted by Crippen LogP contribution is -2.57. The Morgan fingerprint density at radius 2 is 1.92 bits per heavy atom. The molecule has 2 aromatic rings. The molecule has 24 heavy (non-hydrogen) atoms. The number of amides is 1. The Bertz CT molecular complexity index is 709. The largest absolute Gasteiger partial charge is 0.397 e. The summed E-state index contributed by atoms with van der Waals surface area (Å²) in [5, 5.41) is 12.7. The number of nitrogens with zero attached hydrogens (tertiary/aromatic N) is 1. The Morgan fingerprint density at radius 1 is 1.25 bits per heavy atom. The molecule has 1 heterocycles. The van der Waals surface area contributed by atoms with Gasteiger partial charge >= 0.3 is 0 Å². The van der Waals surface area contributed by atoms with Crippen molar-refractivity contribution in [3.63, 3.8) is 0 Å². The van der Waals surface area contributed by atoms with E-state index in [1.54, 1.807) is 4.90 Å². The number of para-hydroxylation sites is 2. The Hall–Kier alpha value is -2.53. The van der Waals surface area contributed by atoms with Gasteiger partial charge in [-0.3, -0.25) is 4.79 Å². The van der Waals surface area contributed by atoms with E-state index in [-0.39, 0.29) is 5.91 Å². The normalized spacial score (nSPS) is 15.7. The van der Waals surface area contributed by atoms with Crippen molar-refractivity contribution in [3.8, 4) is 0 Å². The molecule has 5 nitrogen and oxygen atoms in total. The molecule has 126 valence electrons. The van der Waals surface area contributed by atoms with Crippen molar-refractivity contribution in [3.05, 3.63) is 59.7 Å². The van der Waals surface area contributed by atoms with Gasteiger partial charge in [-0.15, -0.1) is 0 Å². The molecule has 1 aliphatic rings. The number of benzene rings is 2. The van der Waals surface area contributed by atoms with Crippen LogP contribution in [0.25, 0.3) is 0 Å². The van der Waals surface area contributed by atoms with Gasteiger partial charge < -0.3 is 21.1 Å². The average molecular weight is 325 g/mol. The second-order valence-electron chi connectivity index (χ2n) is 6.37. The number of nitrogens with one attached hydrogen (secondary N) is 1. The van der Waals surface area contributed by atoms with Gasteiger partial charge in [-0.25, -0.2) is 0 Å². The zero-order chi connectivity index (χ0) is 17.1. The lowest BCUT2D eigenvalue weighted by molar-refractivity contribution is -0.142. The van der Waals surface area contributed by atoms with Crippen molar-refractivity contribution in [2.75, 3.05) is 24.1 Å². The van der Waals surface area contributed by atoms with Gasteiger partial charge in [0.2, 0.25) is 5.91 Å². The maximum absolute atomic E-state index is 12.8. The van der Waals surface area contributed by atoms with Crippen molar-refractivity contribution >= 4 is 17.3 Å².